The molecule has 4 nitrogen and oxygen atoms in total. The molecule has 0 saturated carbocycles. The zero-order chi connectivity index (χ0) is 15.7. The Labute approximate surface area is 157 Å². The fourth-order valence-corrected chi connectivity index (χ4v) is 4.19. The van der Waals surface area contributed by atoms with Gasteiger partial charge in [-0.05, 0) is 19.3 Å². The number of nitrogens with zero attached hydrogens (tertiary/aromatic N) is 2. The molecule has 138 valence electrons. The first-order valence-electron chi connectivity index (χ1n) is 7.83. The molecule has 9 heteroatoms. The van der Waals surface area contributed by atoms with Gasteiger partial charge in [-0.2, -0.15) is 0 Å². The van der Waals surface area contributed by atoms with E-state index in [0.717, 1.165) is 30.0 Å². The number of nitrogens with one attached hydrogen (secondary N) is 1. The Hall–Kier alpha value is -0.500. The highest BCUT2D eigenvalue weighted by atomic mass is 35.5. The lowest BCUT2D eigenvalue weighted by atomic mass is 9.97. The summed E-state index contributed by atoms with van der Waals surface area (Å²) in [6.45, 7) is 2.93. The van der Waals surface area contributed by atoms with Crippen LogP contribution in [-0.4, -0.2) is 47.4 Å². The largest absolute Gasteiger partial charge is 0.341 e. The quantitative estimate of drug-likeness (QED) is 0.845. The van der Waals surface area contributed by atoms with E-state index in [-0.39, 0.29) is 43.1 Å². The number of carbonyl (C=O) groups excluding carboxylic acids is 1. The summed E-state index contributed by atoms with van der Waals surface area (Å²) in [6, 6.07) is -0.740. The van der Waals surface area contributed by atoms with Gasteiger partial charge >= 0.3 is 0 Å². The minimum absolute atomic E-state index is 0. The maximum Gasteiger partial charge on any atom is 0.262 e. The fourth-order valence-electron chi connectivity index (χ4n) is 3.16. The Morgan fingerprint density at radius 3 is 2.83 bits per heavy atom. The molecule has 0 radical (unpaired) electrons. The van der Waals surface area contributed by atoms with Crippen molar-refractivity contribution in [3.05, 3.63) is 16.1 Å². The molecule has 0 bridgehead atoms. The molecule has 1 aromatic heterocycles. The maximum absolute atomic E-state index is 13.3. The van der Waals surface area contributed by atoms with Crippen molar-refractivity contribution in [3.8, 4) is 0 Å². The molecule has 1 N–H and O–H groups in total. The molecule has 2 aliphatic heterocycles. The van der Waals surface area contributed by atoms with Crippen molar-refractivity contribution < 1.29 is 13.6 Å². The minimum Gasteiger partial charge on any atom is -0.341 e. The third kappa shape index (κ3) is 4.77. The third-order valence-electron chi connectivity index (χ3n) is 4.42. The highest BCUT2D eigenvalue weighted by Crippen LogP contribution is 2.31. The van der Waals surface area contributed by atoms with Gasteiger partial charge in [0, 0.05) is 30.8 Å². The number of thiazole rings is 1. The van der Waals surface area contributed by atoms with Crippen molar-refractivity contribution in [3.63, 3.8) is 0 Å². The Balaban J connectivity index is 0.00000144. The lowest BCUT2D eigenvalue weighted by molar-refractivity contribution is -0.134. The summed E-state index contributed by atoms with van der Waals surface area (Å²) in [7, 11) is 0. The van der Waals surface area contributed by atoms with Gasteiger partial charge in [0.05, 0.1) is 23.3 Å². The van der Waals surface area contributed by atoms with Gasteiger partial charge in [-0.1, -0.05) is 6.92 Å². The standard InChI is InChI=1S/C15H21F2N3OS.2ClH/c1-2-11-8-22-13(19-11)10-4-3-5-20(7-10)14(21)12-6-15(16,17)9-18-12;;/h8,10,12,18H,2-7,9H2,1H3;2*1H. The molecule has 1 amide bonds. The Morgan fingerprint density at radius 1 is 1.50 bits per heavy atom. The summed E-state index contributed by atoms with van der Waals surface area (Å²) < 4.78 is 26.5. The van der Waals surface area contributed by atoms with E-state index in [2.05, 4.69) is 22.6 Å². The van der Waals surface area contributed by atoms with Crippen molar-refractivity contribution in [1.29, 1.82) is 0 Å². The summed E-state index contributed by atoms with van der Waals surface area (Å²) >= 11 is 1.64. The van der Waals surface area contributed by atoms with Crippen molar-refractivity contribution in [1.82, 2.24) is 15.2 Å². The van der Waals surface area contributed by atoms with Crippen LogP contribution in [0.25, 0.3) is 0 Å². The van der Waals surface area contributed by atoms with E-state index in [0.29, 0.717) is 13.1 Å². The molecule has 2 saturated heterocycles. The first-order chi connectivity index (χ1) is 10.5. The van der Waals surface area contributed by atoms with E-state index in [1.807, 2.05) is 0 Å². The van der Waals surface area contributed by atoms with Crippen LogP contribution < -0.4 is 5.32 Å². The first-order valence-corrected chi connectivity index (χ1v) is 8.71. The summed E-state index contributed by atoms with van der Waals surface area (Å²) in [5.41, 5.74) is 1.08. The van der Waals surface area contributed by atoms with Crippen molar-refractivity contribution in [2.75, 3.05) is 19.6 Å². The van der Waals surface area contributed by atoms with Gasteiger partial charge in [-0.15, -0.1) is 36.2 Å². The van der Waals surface area contributed by atoms with Gasteiger partial charge < -0.3 is 4.90 Å². The molecule has 2 fully saturated rings. The van der Waals surface area contributed by atoms with Crippen LogP contribution in [0.15, 0.2) is 5.38 Å². The van der Waals surface area contributed by atoms with E-state index in [1.165, 1.54) is 0 Å². The van der Waals surface area contributed by atoms with Gasteiger partial charge in [0.1, 0.15) is 0 Å². The second-order valence-corrected chi connectivity index (χ2v) is 7.04. The second-order valence-electron chi connectivity index (χ2n) is 6.15. The van der Waals surface area contributed by atoms with Crippen LogP contribution in [0, 0.1) is 0 Å². The van der Waals surface area contributed by atoms with Crippen molar-refractivity contribution in [2.45, 2.75) is 50.5 Å². The van der Waals surface area contributed by atoms with Gasteiger partial charge in [-0.3, -0.25) is 10.1 Å². The molecule has 24 heavy (non-hydrogen) atoms. The zero-order valence-electron chi connectivity index (χ0n) is 13.5. The summed E-state index contributed by atoms with van der Waals surface area (Å²) in [6.07, 6.45) is 2.44. The van der Waals surface area contributed by atoms with Gasteiger partial charge in [0.2, 0.25) is 5.91 Å². The number of hydrogen-bond donors (Lipinski definition) is 1. The number of rotatable bonds is 3. The van der Waals surface area contributed by atoms with Crippen molar-refractivity contribution in [2.24, 2.45) is 0 Å². The number of amides is 1. The SMILES string of the molecule is CCc1csc(C2CCCN(C(=O)C3CC(F)(F)CN3)C2)n1.Cl.Cl. The van der Waals surface area contributed by atoms with Crippen LogP contribution in [0.1, 0.15) is 42.8 Å². The second kappa shape index (κ2) is 8.74. The van der Waals surface area contributed by atoms with E-state index < -0.39 is 18.5 Å². The van der Waals surface area contributed by atoms with E-state index in [4.69, 9.17) is 0 Å². The highest BCUT2D eigenvalue weighted by Gasteiger charge is 2.44. The number of halogens is 4. The van der Waals surface area contributed by atoms with E-state index in [1.54, 1.807) is 16.2 Å². The summed E-state index contributed by atoms with van der Waals surface area (Å²) in [4.78, 5) is 18.8. The zero-order valence-corrected chi connectivity index (χ0v) is 15.9. The smallest absolute Gasteiger partial charge is 0.262 e. The highest BCUT2D eigenvalue weighted by molar-refractivity contribution is 7.09. The van der Waals surface area contributed by atoms with Crippen LogP contribution in [0.2, 0.25) is 0 Å². The Kier molecular flexibility index (Phi) is 7.84. The first kappa shape index (κ1) is 21.5. The molecule has 2 unspecified atom stereocenters. The van der Waals surface area contributed by atoms with Crippen LogP contribution in [-0.2, 0) is 11.2 Å². The lowest BCUT2D eigenvalue weighted by Gasteiger charge is -2.33. The molecule has 0 spiro atoms. The molecule has 2 aliphatic rings. The molecule has 3 rings (SSSR count). The number of piperidine rings is 1. The molecule has 3 heterocycles. The van der Waals surface area contributed by atoms with Gasteiger partial charge in [-0.25, -0.2) is 13.8 Å². The number of alkyl halides is 2. The third-order valence-corrected chi connectivity index (χ3v) is 5.48. The molecular weight excluding hydrogens is 379 g/mol. The molecule has 1 aromatic rings. The Bertz CT molecular complexity index is 559. The number of aryl methyl sites for hydroxylation is 1. The number of likely N-dealkylation sites (tertiary alicyclic amines) is 1. The molecule has 0 aliphatic carbocycles. The van der Waals surface area contributed by atoms with Crippen LogP contribution >= 0.6 is 36.2 Å². The predicted molar refractivity (Wildman–Crippen MR) is 95.9 cm³/mol. The van der Waals surface area contributed by atoms with Crippen LogP contribution in [0.4, 0.5) is 8.78 Å². The number of aromatic nitrogens is 1. The topological polar surface area (TPSA) is 45.2 Å². The minimum atomic E-state index is -2.76. The normalized spacial score (nSPS) is 25.7. The van der Waals surface area contributed by atoms with Crippen molar-refractivity contribution >= 4 is 42.1 Å². The monoisotopic (exact) mass is 401 g/mol. The average Bonchev–Trinajstić information content (AvgIpc) is 3.13. The Morgan fingerprint density at radius 2 is 2.25 bits per heavy atom. The lowest BCUT2D eigenvalue weighted by Crippen LogP contribution is -2.47. The number of hydrogen-bond acceptors (Lipinski definition) is 4. The number of carbonyl (C=O) groups is 1. The van der Waals surface area contributed by atoms with E-state index >= 15 is 0 Å². The van der Waals surface area contributed by atoms with Crippen LogP contribution in [0.5, 0.6) is 0 Å². The average molecular weight is 402 g/mol. The van der Waals surface area contributed by atoms with Gasteiger partial charge in [0.25, 0.3) is 5.92 Å². The van der Waals surface area contributed by atoms with Gasteiger partial charge in [0.15, 0.2) is 0 Å². The molecular formula is C15H23Cl2F2N3OS. The van der Waals surface area contributed by atoms with E-state index in [9.17, 15) is 13.6 Å². The maximum atomic E-state index is 13.3. The summed E-state index contributed by atoms with van der Waals surface area (Å²) in [5.74, 6) is -2.71. The fraction of sp³-hybridized carbons (Fsp3) is 0.733. The van der Waals surface area contributed by atoms with Crippen LogP contribution in [0.3, 0.4) is 0 Å². The molecule has 0 aromatic carbocycles. The summed E-state index contributed by atoms with van der Waals surface area (Å²) in [5, 5.41) is 5.79. The predicted octanol–water partition coefficient (Wildman–Crippen LogP) is 3.25. The molecule has 2 atom stereocenters.